The Hall–Kier alpha value is -0.130. The van der Waals surface area contributed by atoms with E-state index >= 15 is 0 Å². The first-order chi connectivity index (χ1) is 14.5. The highest BCUT2D eigenvalue weighted by Gasteiger charge is 2.10. The van der Waals surface area contributed by atoms with Gasteiger partial charge in [0.05, 0.1) is 5.75 Å². The van der Waals surface area contributed by atoms with Crippen molar-refractivity contribution >= 4 is 10.1 Å². The van der Waals surface area contributed by atoms with Crippen molar-refractivity contribution in [2.45, 2.75) is 148 Å². The van der Waals surface area contributed by atoms with E-state index in [9.17, 15) is 8.42 Å². The lowest BCUT2D eigenvalue weighted by molar-refractivity contribution is 0.415. The van der Waals surface area contributed by atoms with Crippen LogP contribution in [0.1, 0.15) is 142 Å². The molecule has 0 aliphatic rings. The summed E-state index contributed by atoms with van der Waals surface area (Å²) >= 11 is 0. The van der Waals surface area contributed by atoms with E-state index in [-0.39, 0.29) is 5.75 Å². The molecule has 0 bridgehead atoms. The van der Waals surface area contributed by atoms with Crippen LogP contribution in [0.5, 0.6) is 0 Å². The van der Waals surface area contributed by atoms with Crippen LogP contribution >= 0.6 is 0 Å². The monoisotopic (exact) mass is 447 g/mol. The molecule has 0 aromatic rings. The van der Waals surface area contributed by atoms with Gasteiger partial charge in [-0.1, -0.05) is 129 Å². The second-order valence-corrected chi connectivity index (χ2v) is 10.7. The van der Waals surface area contributed by atoms with E-state index < -0.39 is 10.1 Å². The SMILES string of the molecule is CCCCCCCCCCCCCCC(CCCCCCCC)NCCS(=O)(=O)O. The summed E-state index contributed by atoms with van der Waals surface area (Å²) in [7, 11) is -3.86. The first-order valence-electron chi connectivity index (χ1n) is 13.2. The lowest BCUT2D eigenvalue weighted by Crippen LogP contribution is -2.33. The molecule has 0 aliphatic heterocycles. The highest BCUT2D eigenvalue weighted by molar-refractivity contribution is 7.85. The lowest BCUT2D eigenvalue weighted by atomic mass is 9.99. The molecule has 0 amide bonds. The van der Waals surface area contributed by atoms with E-state index in [1.807, 2.05) is 0 Å². The zero-order valence-electron chi connectivity index (χ0n) is 20.3. The normalized spacial score (nSPS) is 13.0. The summed E-state index contributed by atoms with van der Waals surface area (Å²) in [5.74, 6) is -0.182. The molecule has 0 rings (SSSR count). The summed E-state index contributed by atoms with van der Waals surface area (Å²) in [4.78, 5) is 0. The molecular formula is C25H53NO3S. The third-order valence-electron chi connectivity index (χ3n) is 6.11. The van der Waals surface area contributed by atoms with Crippen LogP contribution in [0.3, 0.4) is 0 Å². The number of rotatable bonds is 24. The van der Waals surface area contributed by atoms with Crippen LogP contribution in [-0.4, -0.2) is 31.3 Å². The van der Waals surface area contributed by atoms with Gasteiger partial charge in [-0.15, -0.1) is 0 Å². The Morgan fingerprint density at radius 3 is 1.27 bits per heavy atom. The smallest absolute Gasteiger partial charge is 0.266 e. The molecule has 0 aromatic heterocycles. The van der Waals surface area contributed by atoms with Crippen LogP contribution in [0.25, 0.3) is 0 Å². The molecule has 0 saturated carbocycles. The van der Waals surface area contributed by atoms with Crippen LogP contribution in [0.4, 0.5) is 0 Å². The Morgan fingerprint density at radius 1 is 0.600 bits per heavy atom. The van der Waals surface area contributed by atoms with Crippen molar-refractivity contribution in [2.24, 2.45) is 0 Å². The van der Waals surface area contributed by atoms with E-state index in [0.29, 0.717) is 12.6 Å². The van der Waals surface area contributed by atoms with Gasteiger partial charge < -0.3 is 5.32 Å². The fourth-order valence-corrected chi connectivity index (χ4v) is 4.52. The van der Waals surface area contributed by atoms with E-state index in [1.54, 1.807) is 0 Å². The molecule has 0 radical (unpaired) electrons. The van der Waals surface area contributed by atoms with Gasteiger partial charge in [0.1, 0.15) is 0 Å². The van der Waals surface area contributed by atoms with Crippen molar-refractivity contribution < 1.29 is 13.0 Å². The third kappa shape index (κ3) is 24.1. The maximum absolute atomic E-state index is 11.0. The molecule has 0 aliphatic carbocycles. The molecule has 0 spiro atoms. The number of unbranched alkanes of at least 4 members (excludes halogenated alkanes) is 16. The van der Waals surface area contributed by atoms with Gasteiger partial charge in [0.15, 0.2) is 0 Å². The van der Waals surface area contributed by atoms with Crippen molar-refractivity contribution in [1.29, 1.82) is 0 Å². The maximum Gasteiger partial charge on any atom is 0.266 e. The Bertz CT molecular complexity index is 440. The summed E-state index contributed by atoms with van der Waals surface area (Å²) in [6.07, 6.45) is 26.3. The predicted octanol–water partition coefficient (Wildman–Crippen LogP) is 7.67. The van der Waals surface area contributed by atoms with E-state index in [0.717, 1.165) is 12.8 Å². The Labute approximate surface area is 189 Å². The maximum atomic E-state index is 11.0. The molecule has 182 valence electrons. The Morgan fingerprint density at radius 2 is 0.933 bits per heavy atom. The van der Waals surface area contributed by atoms with Gasteiger partial charge in [0, 0.05) is 12.6 Å². The van der Waals surface area contributed by atoms with E-state index in [1.165, 1.54) is 116 Å². The summed E-state index contributed by atoms with van der Waals surface area (Å²) in [6, 6.07) is 0.390. The van der Waals surface area contributed by atoms with Gasteiger partial charge in [0.25, 0.3) is 10.1 Å². The zero-order chi connectivity index (χ0) is 22.3. The van der Waals surface area contributed by atoms with Crippen LogP contribution < -0.4 is 5.32 Å². The minimum absolute atomic E-state index is 0.182. The van der Waals surface area contributed by atoms with Gasteiger partial charge in [-0.2, -0.15) is 8.42 Å². The molecule has 30 heavy (non-hydrogen) atoms. The minimum Gasteiger partial charge on any atom is -0.313 e. The van der Waals surface area contributed by atoms with Gasteiger partial charge in [-0.05, 0) is 12.8 Å². The van der Waals surface area contributed by atoms with Crippen molar-refractivity contribution in [1.82, 2.24) is 5.32 Å². The molecule has 0 fully saturated rings. The predicted molar refractivity (Wildman–Crippen MR) is 132 cm³/mol. The first-order valence-corrected chi connectivity index (χ1v) is 14.8. The van der Waals surface area contributed by atoms with Gasteiger partial charge >= 0.3 is 0 Å². The fourth-order valence-electron chi connectivity index (χ4n) is 4.14. The van der Waals surface area contributed by atoms with E-state index in [4.69, 9.17) is 4.55 Å². The summed E-state index contributed by atoms with van der Waals surface area (Å²) in [6.45, 7) is 4.87. The molecule has 4 nitrogen and oxygen atoms in total. The number of hydrogen-bond acceptors (Lipinski definition) is 3. The third-order valence-corrected chi connectivity index (χ3v) is 6.83. The summed E-state index contributed by atoms with van der Waals surface area (Å²) in [5.41, 5.74) is 0. The van der Waals surface area contributed by atoms with Crippen LogP contribution in [0.15, 0.2) is 0 Å². The number of hydrogen-bond donors (Lipinski definition) is 2. The Balaban J connectivity index is 3.77. The van der Waals surface area contributed by atoms with Gasteiger partial charge in [0.2, 0.25) is 0 Å². The molecule has 1 atom stereocenters. The minimum atomic E-state index is -3.86. The van der Waals surface area contributed by atoms with Crippen LogP contribution in [-0.2, 0) is 10.1 Å². The van der Waals surface area contributed by atoms with Crippen LogP contribution in [0.2, 0.25) is 0 Å². The van der Waals surface area contributed by atoms with E-state index in [2.05, 4.69) is 19.2 Å². The van der Waals surface area contributed by atoms with Crippen molar-refractivity contribution in [3.63, 3.8) is 0 Å². The molecular weight excluding hydrogens is 394 g/mol. The highest BCUT2D eigenvalue weighted by Crippen LogP contribution is 2.15. The van der Waals surface area contributed by atoms with Crippen LogP contribution in [0, 0.1) is 0 Å². The summed E-state index contributed by atoms with van der Waals surface area (Å²) in [5, 5.41) is 3.38. The first kappa shape index (κ1) is 29.9. The molecule has 0 heterocycles. The average Bonchev–Trinajstić information content (AvgIpc) is 2.70. The molecule has 1 unspecified atom stereocenters. The largest absolute Gasteiger partial charge is 0.313 e. The second kappa shape index (κ2) is 22.1. The summed E-state index contributed by atoms with van der Waals surface area (Å²) < 4.78 is 30.9. The molecule has 0 saturated heterocycles. The average molecular weight is 448 g/mol. The topological polar surface area (TPSA) is 66.4 Å². The molecule has 0 aromatic carbocycles. The molecule has 5 heteroatoms. The fraction of sp³-hybridized carbons (Fsp3) is 1.00. The van der Waals surface area contributed by atoms with Crippen molar-refractivity contribution in [3.05, 3.63) is 0 Å². The molecule has 2 N–H and O–H groups in total. The van der Waals surface area contributed by atoms with Crippen molar-refractivity contribution in [2.75, 3.05) is 12.3 Å². The van der Waals surface area contributed by atoms with Gasteiger partial charge in [-0.3, -0.25) is 4.55 Å². The standard InChI is InChI=1S/C25H53NO3S/c1-3-5-7-9-11-12-13-14-15-16-18-20-22-25(26-23-24-30(27,28)29)21-19-17-10-8-6-4-2/h25-26H,3-24H2,1-2H3,(H,27,28,29). The van der Waals surface area contributed by atoms with Gasteiger partial charge in [-0.25, -0.2) is 0 Å². The van der Waals surface area contributed by atoms with Crippen molar-refractivity contribution in [3.8, 4) is 0 Å². The number of nitrogens with one attached hydrogen (secondary N) is 1. The highest BCUT2D eigenvalue weighted by atomic mass is 32.2. The lowest BCUT2D eigenvalue weighted by Gasteiger charge is -2.18. The quantitative estimate of drug-likeness (QED) is 0.118. The second-order valence-electron chi connectivity index (χ2n) is 9.17. The zero-order valence-corrected chi connectivity index (χ0v) is 21.1. The Kier molecular flexibility index (Phi) is 22.0.